The van der Waals surface area contributed by atoms with E-state index >= 15 is 0 Å². The molecule has 10 heteroatoms. The predicted molar refractivity (Wildman–Crippen MR) is 102 cm³/mol. The van der Waals surface area contributed by atoms with Gasteiger partial charge in [0.05, 0.1) is 11.3 Å². The molecule has 0 unspecified atom stereocenters. The second-order valence-corrected chi connectivity index (χ2v) is 6.68. The molecule has 0 N–H and O–H groups in total. The first-order valence-corrected chi connectivity index (χ1v) is 9.19. The van der Waals surface area contributed by atoms with E-state index in [1.54, 1.807) is 21.9 Å². The number of nitrogens with zero attached hydrogens (tertiary/aromatic N) is 3. The van der Waals surface area contributed by atoms with Gasteiger partial charge in [-0.3, -0.25) is 19.7 Å². The number of rotatable bonds is 6. The number of halogens is 2. The van der Waals surface area contributed by atoms with E-state index < -0.39 is 11.5 Å². The van der Waals surface area contributed by atoms with Gasteiger partial charge in [0, 0.05) is 43.9 Å². The van der Waals surface area contributed by atoms with Crippen molar-refractivity contribution in [3.05, 3.63) is 69.8 Å². The van der Waals surface area contributed by atoms with Crippen molar-refractivity contribution < 1.29 is 28.0 Å². The lowest BCUT2D eigenvalue weighted by Crippen LogP contribution is -2.51. The summed E-state index contributed by atoms with van der Waals surface area (Å²) in [5, 5.41) is 10.7. The maximum Gasteiger partial charge on any atom is 0.387 e. The van der Waals surface area contributed by atoms with Crippen LogP contribution in [-0.2, 0) is 11.2 Å². The Labute approximate surface area is 170 Å². The van der Waals surface area contributed by atoms with Crippen LogP contribution in [0, 0.1) is 10.1 Å². The minimum absolute atomic E-state index is 0.0404. The minimum atomic E-state index is -2.97. The first-order chi connectivity index (χ1) is 14.3. The molecule has 0 radical (unpaired) electrons. The third-order valence-corrected chi connectivity index (χ3v) is 4.73. The fraction of sp³-hybridized carbons (Fsp3) is 0.300. The Balaban J connectivity index is 1.54. The van der Waals surface area contributed by atoms with Crippen molar-refractivity contribution in [2.24, 2.45) is 0 Å². The molecular weight excluding hydrogens is 400 g/mol. The number of non-ortho nitro benzene ring substituents is 1. The maximum atomic E-state index is 12.6. The van der Waals surface area contributed by atoms with E-state index in [-0.39, 0.29) is 35.2 Å². The number of benzene rings is 2. The van der Waals surface area contributed by atoms with Gasteiger partial charge in [0.1, 0.15) is 5.75 Å². The standard InChI is InChI=1S/C20H19F2N3O5/c21-20(22)30-17-3-1-2-15(13-17)19(27)24-10-8-23(9-11-24)18(26)12-14-4-6-16(7-5-14)25(28)29/h1-7,13,20H,8-12H2. The molecule has 30 heavy (non-hydrogen) atoms. The number of hydrogen-bond acceptors (Lipinski definition) is 5. The van der Waals surface area contributed by atoms with E-state index in [9.17, 15) is 28.5 Å². The SMILES string of the molecule is O=C(Cc1ccc([N+](=O)[O-])cc1)N1CCN(C(=O)c2cccc(OC(F)F)c2)CC1. The molecule has 2 amide bonds. The quantitative estimate of drug-likeness (QED) is 0.530. The molecule has 2 aromatic rings. The highest BCUT2D eigenvalue weighted by atomic mass is 19.3. The van der Waals surface area contributed by atoms with Crippen molar-refractivity contribution in [2.45, 2.75) is 13.0 Å². The molecule has 1 aliphatic rings. The van der Waals surface area contributed by atoms with E-state index in [1.165, 1.54) is 36.4 Å². The van der Waals surface area contributed by atoms with Crippen molar-refractivity contribution in [3.63, 3.8) is 0 Å². The van der Waals surface area contributed by atoms with Crippen LogP contribution in [0.3, 0.4) is 0 Å². The second kappa shape index (κ2) is 9.29. The van der Waals surface area contributed by atoms with Crippen molar-refractivity contribution >= 4 is 17.5 Å². The summed E-state index contributed by atoms with van der Waals surface area (Å²) in [4.78, 5) is 38.5. The van der Waals surface area contributed by atoms with E-state index in [0.29, 0.717) is 31.7 Å². The smallest absolute Gasteiger partial charge is 0.387 e. The normalized spacial score (nSPS) is 14.0. The molecule has 158 valence electrons. The summed E-state index contributed by atoms with van der Waals surface area (Å²) < 4.78 is 29.0. The largest absolute Gasteiger partial charge is 0.435 e. The Kier molecular flexibility index (Phi) is 6.55. The van der Waals surface area contributed by atoms with Crippen LogP contribution in [0.25, 0.3) is 0 Å². The zero-order valence-electron chi connectivity index (χ0n) is 15.9. The fourth-order valence-corrected chi connectivity index (χ4v) is 3.17. The number of amides is 2. The summed E-state index contributed by atoms with van der Waals surface area (Å²) in [6.07, 6.45) is 0.110. The van der Waals surface area contributed by atoms with Gasteiger partial charge in [0.15, 0.2) is 0 Å². The molecule has 0 aromatic heterocycles. The predicted octanol–water partition coefficient (Wildman–Crippen LogP) is 2.72. The highest BCUT2D eigenvalue weighted by Gasteiger charge is 2.25. The molecular formula is C20H19F2N3O5. The lowest BCUT2D eigenvalue weighted by atomic mass is 10.1. The van der Waals surface area contributed by atoms with Gasteiger partial charge in [-0.2, -0.15) is 8.78 Å². The third kappa shape index (κ3) is 5.28. The molecule has 0 saturated carbocycles. The maximum absolute atomic E-state index is 12.6. The summed E-state index contributed by atoms with van der Waals surface area (Å²) in [5.74, 6) is -0.548. The topological polar surface area (TPSA) is 93.0 Å². The highest BCUT2D eigenvalue weighted by molar-refractivity contribution is 5.94. The van der Waals surface area contributed by atoms with Crippen LogP contribution in [-0.4, -0.2) is 59.3 Å². The number of nitro groups is 1. The Morgan fingerprint density at radius 3 is 2.27 bits per heavy atom. The monoisotopic (exact) mass is 419 g/mol. The van der Waals surface area contributed by atoms with Crippen LogP contribution in [0.15, 0.2) is 48.5 Å². The molecule has 1 saturated heterocycles. The molecule has 1 fully saturated rings. The molecule has 0 bridgehead atoms. The molecule has 0 atom stereocenters. The zero-order chi connectivity index (χ0) is 21.7. The van der Waals surface area contributed by atoms with Crippen LogP contribution < -0.4 is 4.74 Å². The van der Waals surface area contributed by atoms with Gasteiger partial charge in [-0.1, -0.05) is 18.2 Å². The van der Waals surface area contributed by atoms with Crippen LogP contribution in [0.4, 0.5) is 14.5 Å². The van der Waals surface area contributed by atoms with Gasteiger partial charge in [-0.15, -0.1) is 0 Å². The van der Waals surface area contributed by atoms with Crippen LogP contribution >= 0.6 is 0 Å². The third-order valence-electron chi connectivity index (χ3n) is 4.73. The van der Waals surface area contributed by atoms with E-state index in [0.717, 1.165) is 0 Å². The minimum Gasteiger partial charge on any atom is -0.435 e. The van der Waals surface area contributed by atoms with Gasteiger partial charge in [0.2, 0.25) is 5.91 Å². The number of carbonyl (C=O) groups excluding carboxylic acids is 2. The van der Waals surface area contributed by atoms with Crippen LogP contribution in [0.5, 0.6) is 5.75 Å². The average molecular weight is 419 g/mol. The first kappa shape index (κ1) is 21.2. The molecule has 0 aliphatic carbocycles. The molecule has 1 aliphatic heterocycles. The molecule has 1 heterocycles. The van der Waals surface area contributed by atoms with Crippen molar-refractivity contribution in [2.75, 3.05) is 26.2 Å². The molecule has 3 rings (SSSR count). The zero-order valence-corrected chi connectivity index (χ0v) is 15.9. The Bertz CT molecular complexity index is 928. The number of hydrogen-bond donors (Lipinski definition) is 0. The molecule has 0 spiro atoms. The van der Waals surface area contributed by atoms with Crippen LogP contribution in [0.2, 0.25) is 0 Å². The van der Waals surface area contributed by atoms with Gasteiger partial charge in [-0.05, 0) is 23.8 Å². The summed E-state index contributed by atoms with van der Waals surface area (Å²) in [6, 6.07) is 11.4. The highest BCUT2D eigenvalue weighted by Crippen LogP contribution is 2.18. The van der Waals surface area contributed by atoms with Crippen molar-refractivity contribution in [1.29, 1.82) is 0 Å². The van der Waals surface area contributed by atoms with Gasteiger partial charge < -0.3 is 14.5 Å². The fourth-order valence-electron chi connectivity index (χ4n) is 3.17. The number of carbonyl (C=O) groups is 2. The number of alkyl halides is 2. The summed E-state index contributed by atoms with van der Waals surface area (Å²) in [5.41, 5.74) is 0.861. The second-order valence-electron chi connectivity index (χ2n) is 6.68. The van der Waals surface area contributed by atoms with Crippen LogP contribution in [0.1, 0.15) is 15.9 Å². The summed E-state index contributed by atoms with van der Waals surface area (Å²) >= 11 is 0. The van der Waals surface area contributed by atoms with Gasteiger partial charge in [0.25, 0.3) is 11.6 Å². The summed E-state index contributed by atoms with van der Waals surface area (Å²) in [6.45, 7) is -1.67. The lowest BCUT2D eigenvalue weighted by molar-refractivity contribution is -0.384. The van der Waals surface area contributed by atoms with Gasteiger partial charge >= 0.3 is 6.61 Å². The number of nitro benzene ring substituents is 1. The van der Waals surface area contributed by atoms with Crippen molar-refractivity contribution in [1.82, 2.24) is 9.80 Å². The van der Waals surface area contributed by atoms with E-state index in [2.05, 4.69) is 4.74 Å². The van der Waals surface area contributed by atoms with E-state index in [1.807, 2.05) is 0 Å². The number of piperazine rings is 1. The van der Waals surface area contributed by atoms with E-state index in [4.69, 9.17) is 0 Å². The van der Waals surface area contributed by atoms with Gasteiger partial charge in [-0.25, -0.2) is 0 Å². The average Bonchev–Trinajstić information content (AvgIpc) is 2.73. The Morgan fingerprint density at radius 1 is 1.03 bits per heavy atom. The number of ether oxygens (including phenoxy) is 1. The molecule has 8 nitrogen and oxygen atoms in total. The Hall–Kier alpha value is -3.56. The summed E-state index contributed by atoms with van der Waals surface area (Å²) in [7, 11) is 0. The lowest BCUT2D eigenvalue weighted by Gasteiger charge is -2.35. The van der Waals surface area contributed by atoms with Crippen molar-refractivity contribution in [3.8, 4) is 5.75 Å². The first-order valence-electron chi connectivity index (χ1n) is 9.19. The molecule has 2 aromatic carbocycles. The Morgan fingerprint density at radius 2 is 1.67 bits per heavy atom.